The van der Waals surface area contributed by atoms with Crippen molar-refractivity contribution in [2.24, 2.45) is 11.8 Å². The molecule has 0 atom stereocenters. The van der Waals surface area contributed by atoms with Crippen molar-refractivity contribution in [3.05, 3.63) is 0 Å². The minimum Gasteiger partial charge on any atom is -0.380 e. The summed E-state index contributed by atoms with van der Waals surface area (Å²) in [7, 11) is 1.93. The first-order valence-corrected chi connectivity index (χ1v) is 6.95. The van der Waals surface area contributed by atoms with Gasteiger partial charge in [-0.3, -0.25) is 4.79 Å². The molecule has 0 aliphatic carbocycles. The number of rotatable bonds is 8. The molecule has 18 heavy (non-hydrogen) atoms. The Morgan fingerprint density at radius 1 is 1.22 bits per heavy atom. The van der Waals surface area contributed by atoms with Gasteiger partial charge in [0.1, 0.15) is 0 Å². The summed E-state index contributed by atoms with van der Waals surface area (Å²) >= 11 is 0. The van der Waals surface area contributed by atoms with Gasteiger partial charge in [-0.1, -0.05) is 34.6 Å². The van der Waals surface area contributed by atoms with Crippen LogP contribution in [0.4, 0.5) is 0 Å². The van der Waals surface area contributed by atoms with Crippen LogP contribution in [0.25, 0.3) is 0 Å². The van der Waals surface area contributed by atoms with E-state index in [4.69, 9.17) is 4.74 Å². The predicted molar refractivity (Wildman–Crippen MR) is 79.8 cm³/mol. The van der Waals surface area contributed by atoms with E-state index in [0.29, 0.717) is 5.92 Å². The predicted octanol–water partition coefficient (Wildman–Crippen LogP) is 2.29. The van der Waals surface area contributed by atoms with Crippen molar-refractivity contribution in [3.8, 4) is 0 Å². The topological polar surface area (TPSA) is 50.4 Å². The van der Waals surface area contributed by atoms with Gasteiger partial charge in [0, 0.05) is 27.0 Å². The quantitative estimate of drug-likeness (QED) is 0.660. The molecule has 0 aliphatic rings. The summed E-state index contributed by atoms with van der Waals surface area (Å²) in [6.07, 6.45) is 1.11. The van der Waals surface area contributed by atoms with Gasteiger partial charge in [0.15, 0.2) is 0 Å². The summed E-state index contributed by atoms with van der Waals surface area (Å²) in [5.74, 6) is 0.801. The Labute approximate surface area is 114 Å². The molecular weight excluding hydrogens is 228 g/mol. The summed E-state index contributed by atoms with van der Waals surface area (Å²) < 4.78 is 5.16. The molecule has 0 aliphatic heterocycles. The number of hydrogen-bond donors (Lipinski definition) is 2. The van der Waals surface area contributed by atoms with Gasteiger partial charge in [-0.25, -0.2) is 0 Å². The first-order valence-electron chi connectivity index (χ1n) is 6.95. The van der Waals surface area contributed by atoms with E-state index in [1.54, 1.807) is 0 Å². The molecule has 0 spiro atoms. The van der Waals surface area contributed by atoms with Crippen molar-refractivity contribution in [2.75, 3.05) is 33.4 Å². The molecule has 4 heteroatoms. The second-order valence-electron chi connectivity index (χ2n) is 5.01. The summed E-state index contributed by atoms with van der Waals surface area (Å²) in [5, 5.41) is 5.84. The first-order chi connectivity index (χ1) is 8.45. The van der Waals surface area contributed by atoms with Gasteiger partial charge < -0.3 is 15.4 Å². The largest absolute Gasteiger partial charge is 0.380 e. The van der Waals surface area contributed by atoms with Crippen LogP contribution in [0.5, 0.6) is 0 Å². The Kier molecular flexibility index (Phi) is 15.8. The molecule has 4 nitrogen and oxygen atoms in total. The van der Waals surface area contributed by atoms with Crippen LogP contribution in [0.3, 0.4) is 0 Å². The van der Waals surface area contributed by atoms with Crippen LogP contribution in [-0.4, -0.2) is 39.3 Å². The van der Waals surface area contributed by atoms with Gasteiger partial charge in [-0.05, 0) is 19.4 Å². The molecule has 0 fully saturated rings. The van der Waals surface area contributed by atoms with Gasteiger partial charge in [-0.2, -0.15) is 0 Å². The molecule has 2 N–H and O–H groups in total. The van der Waals surface area contributed by atoms with E-state index < -0.39 is 0 Å². The molecule has 0 radical (unpaired) electrons. The Bertz CT molecular complexity index is 182. The van der Waals surface area contributed by atoms with Crippen molar-refractivity contribution in [3.63, 3.8) is 0 Å². The van der Waals surface area contributed by atoms with Crippen molar-refractivity contribution in [2.45, 2.75) is 41.0 Å². The zero-order valence-electron chi connectivity index (χ0n) is 13.0. The van der Waals surface area contributed by atoms with Crippen LogP contribution in [0.1, 0.15) is 42.5 Å². The fourth-order valence-electron chi connectivity index (χ4n) is 0.929. The number of ether oxygens (including phenoxy) is 1. The SMILES string of the molecule is CC(C)CNC(=O)C(C)C.CCCOCCNC.[HH]. The number of carbonyl (C=O) groups is 1. The van der Waals surface area contributed by atoms with Gasteiger partial charge in [0.25, 0.3) is 0 Å². The van der Waals surface area contributed by atoms with E-state index in [0.717, 1.165) is 32.7 Å². The highest BCUT2D eigenvalue weighted by molar-refractivity contribution is 5.77. The van der Waals surface area contributed by atoms with Gasteiger partial charge in [0.05, 0.1) is 6.61 Å². The lowest BCUT2D eigenvalue weighted by molar-refractivity contribution is -0.124. The lowest BCUT2D eigenvalue weighted by Gasteiger charge is -2.08. The number of carbonyl (C=O) groups excluding carboxylic acids is 1. The third kappa shape index (κ3) is 17.8. The minimum atomic E-state index is 0. The summed E-state index contributed by atoms with van der Waals surface area (Å²) in [6.45, 7) is 13.6. The van der Waals surface area contributed by atoms with Gasteiger partial charge >= 0.3 is 0 Å². The first kappa shape index (κ1) is 19.7. The minimum absolute atomic E-state index is 0. The Morgan fingerprint density at radius 2 is 1.83 bits per heavy atom. The van der Waals surface area contributed by atoms with Crippen LogP contribution >= 0.6 is 0 Å². The second-order valence-corrected chi connectivity index (χ2v) is 5.01. The Balaban J connectivity index is -0.000000262. The molecule has 0 aromatic rings. The average Bonchev–Trinajstić information content (AvgIpc) is 2.32. The molecular formula is C14H34N2O2. The summed E-state index contributed by atoms with van der Waals surface area (Å²) in [6, 6.07) is 0. The number of hydrogen-bond acceptors (Lipinski definition) is 3. The normalized spacial score (nSPS) is 10.2. The van der Waals surface area contributed by atoms with Crippen molar-refractivity contribution < 1.29 is 11.0 Å². The third-order valence-corrected chi connectivity index (χ3v) is 2.05. The van der Waals surface area contributed by atoms with E-state index in [1.807, 2.05) is 20.9 Å². The Hall–Kier alpha value is -0.610. The average molecular weight is 262 g/mol. The van der Waals surface area contributed by atoms with E-state index in [2.05, 4.69) is 31.4 Å². The number of likely N-dealkylation sites (N-methyl/N-ethyl adjacent to an activating group) is 1. The molecule has 0 saturated carbocycles. The lowest BCUT2D eigenvalue weighted by Crippen LogP contribution is -2.30. The fourth-order valence-corrected chi connectivity index (χ4v) is 0.929. The molecule has 0 unspecified atom stereocenters. The Morgan fingerprint density at radius 3 is 2.22 bits per heavy atom. The highest BCUT2D eigenvalue weighted by Gasteiger charge is 2.05. The van der Waals surface area contributed by atoms with Crippen LogP contribution in [0.15, 0.2) is 0 Å². The van der Waals surface area contributed by atoms with E-state index in [-0.39, 0.29) is 13.3 Å². The maximum atomic E-state index is 10.9. The maximum absolute atomic E-state index is 10.9. The summed E-state index contributed by atoms with van der Waals surface area (Å²) in [5.41, 5.74) is 0. The number of amides is 1. The molecule has 1 amide bonds. The van der Waals surface area contributed by atoms with Crippen LogP contribution in [0.2, 0.25) is 0 Å². The molecule has 0 heterocycles. The van der Waals surface area contributed by atoms with Crippen molar-refractivity contribution in [1.82, 2.24) is 10.6 Å². The van der Waals surface area contributed by atoms with Crippen molar-refractivity contribution in [1.29, 1.82) is 0 Å². The van der Waals surface area contributed by atoms with Gasteiger partial charge in [0.2, 0.25) is 5.91 Å². The van der Waals surface area contributed by atoms with Crippen LogP contribution in [0, 0.1) is 11.8 Å². The highest BCUT2D eigenvalue weighted by atomic mass is 16.5. The van der Waals surface area contributed by atoms with E-state index >= 15 is 0 Å². The third-order valence-electron chi connectivity index (χ3n) is 2.05. The zero-order chi connectivity index (χ0) is 14.4. The fraction of sp³-hybridized carbons (Fsp3) is 0.929. The standard InChI is InChI=1S/C8H17NO.C6H15NO.H2/c1-6(2)5-9-8(10)7(3)4;1-3-5-8-6-4-7-2;/h6-7H,5H2,1-4H3,(H,9,10);7H,3-6H2,1-2H3;1H. The van der Waals surface area contributed by atoms with E-state index in [9.17, 15) is 4.79 Å². The lowest BCUT2D eigenvalue weighted by atomic mass is 10.2. The van der Waals surface area contributed by atoms with Crippen molar-refractivity contribution >= 4 is 5.91 Å². The van der Waals surface area contributed by atoms with Crippen LogP contribution < -0.4 is 10.6 Å². The maximum Gasteiger partial charge on any atom is 0.222 e. The second kappa shape index (κ2) is 14.5. The molecule has 0 aromatic carbocycles. The number of nitrogens with one attached hydrogen (secondary N) is 2. The molecule has 0 bridgehead atoms. The molecule has 0 saturated heterocycles. The molecule has 0 rings (SSSR count). The molecule has 112 valence electrons. The van der Waals surface area contributed by atoms with Crippen LogP contribution in [-0.2, 0) is 9.53 Å². The molecule has 0 aromatic heterocycles. The summed E-state index contributed by atoms with van der Waals surface area (Å²) in [4.78, 5) is 10.9. The monoisotopic (exact) mass is 262 g/mol. The van der Waals surface area contributed by atoms with E-state index in [1.165, 1.54) is 0 Å². The highest BCUT2D eigenvalue weighted by Crippen LogP contribution is 1.92. The smallest absolute Gasteiger partial charge is 0.222 e. The zero-order valence-corrected chi connectivity index (χ0v) is 13.0. The van der Waals surface area contributed by atoms with Gasteiger partial charge in [-0.15, -0.1) is 0 Å².